The molecule has 3 nitrogen and oxygen atoms in total. The third-order valence-electron chi connectivity index (χ3n) is 3.96. The lowest BCUT2D eigenvalue weighted by molar-refractivity contribution is 0.0937. The van der Waals surface area contributed by atoms with Crippen LogP contribution in [0.3, 0.4) is 0 Å². The van der Waals surface area contributed by atoms with Gasteiger partial charge in [-0.1, -0.05) is 12.5 Å². The number of hydrogen-bond donors (Lipinski definition) is 1. The molecule has 1 aromatic carbocycles. The maximum Gasteiger partial charge on any atom is 0.258 e. The Morgan fingerprint density at radius 3 is 2.90 bits per heavy atom. The van der Waals surface area contributed by atoms with E-state index in [1.807, 2.05) is 0 Å². The van der Waals surface area contributed by atoms with Gasteiger partial charge in [0, 0.05) is 12.4 Å². The van der Waals surface area contributed by atoms with E-state index in [4.69, 9.17) is 16.3 Å². The summed E-state index contributed by atoms with van der Waals surface area (Å²) in [6.07, 6.45) is 3.31. The standard InChI is InChI=1S/C15H19ClFNO2/c1-20-13-7-3-6-12(17)14(13)15(19)18-9-11-5-2-4-10(11)8-16/h3,6-7,10-11H,2,4-5,8-9H2,1H3,(H,18,19). The number of methoxy groups -OCH3 is 1. The van der Waals surface area contributed by atoms with Crippen molar-refractivity contribution in [1.82, 2.24) is 5.32 Å². The fourth-order valence-corrected chi connectivity index (χ4v) is 3.20. The Morgan fingerprint density at radius 1 is 1.45 bits per heavy atom. The second-order valence-corrected chi connectivity index (χ2v) is 5.44. The molecule has 1 N–H and O–H groups in total. The Bertz CT molecular complexity index is 481. The van der Waals surface area contributed by atoms with Crippen molar-refractivity contribution in [2.24, 2.45) is 11.8 Å². The molecule has 1 aliphatic carbocycles. The molecular weight excluding hydrogens is 281 g/mol. The van der Waals surface area contributed by atoms with Crippen molar-refractivity contribution in [2.45, 2.75) is 19.3 Å². The van der Waals surface area contributed by atoms with Crippen LogP contribution in [0.15, 0.2) is 18.2 Å². The fraction of sp³-hybridized carbons (Fsp3) is 0.533. The average molecular weight is 300 g/mol. The lowest BCUT2D eigenvalue weighted by Crippen LogP contribution is -2.32. The largest absolute Gasteiger partial charge is 0.496 e. The topological polar surface area (TPSA) is 38.3 Å². The van der Waals surface area contributed by atoms with E-state index < -0.39 is 11.7 Å². The van der Waals surface area contributed by atoms with Crippen LogP contribution in [0.5, 0.6) is 5.75 Å². The molecule has 0 radical (unpaired) electrons. The molecule has 0 saturated heterocycles. The lowest BCUT2D eigenvalue weighted by Gasteiger charge is -2.18. The van der Waals surface area contributed by atoms with Crippen LogP contribution in [0.4, 0.5) is 4.39 Å². The fourth-order valence-electron chi connectivity index (χ4n) is 2.79. The molecule has 110 valence electrons. The molecule has 1 saturated carbocycles. The first-order valence-corrected chi connectivity index (χ1v) is 7.37. The summed E-state index contributed by atoms with van der Waals surface area (Å²) in [7, 11) is 1.42. The van der Waals surface area contributed by atoms with E-state index in [0.717, 1.165) is 19.3 Å². The zero-order chi connectivity index (χ0) is 14.5. The second-order valence-electron chi connectivity index (χ2n) is 5.13. The highest BCUT2D eigenvalue weighted by molar-refractivity contribution is 6.18. The van der Waals surface area contributed by atoms with Crippen LogP contribution in [0.25, 0.3) is 0 Å². The average Bonchev–Trinajstić information content (AvgIpc) is 2.91. The van der Waals surface area contributed by atoms with Gasteiger partial charge in [-0.15, -0.1) is 11.6 Å². The normalized spacial score (nSPS) is 21.8. The van der Waals surface area contributed by atoms with Gasteiger partial charge < -0.3 is 10.1 Å². The number of rotatable bonds is 5. The number of amides is 1. The molecule has 0 aromatic heterocycles. The van der Waals surface area contributed by atoms with Crippen LogP contribution in [-0.2, 0) is 0 Å². The van der Waals surface area contributed by atoms with Crippen LogP contribution in [-0.4, -0.2) is 25.4 Å². The second kappa shape index (κ2) is 6.93. The minimum Gasteiger partial charge on any atom is -0.496 e. The van der Waals surface area contributed by atoms with Crippen molar-refractivity contribution in [3.63, 3.8) is 0 Å². The van der Waals surface area contributed by atoms with Gasteiger partial charge in [0.2, 0.25) is 0 Å². The number of nitrogens with one attached hydrogen (secondary N) is 1. The molecule has 2 rings (SSSR count). The summed E-state index contributed by atoms with van der Waals surface area (Å²) < 4.78 is 18.8. The molecule has 1 aliphatic rings. The zero-order valence-corrected chi connectivity index (χ0v) is 12.3. The van der Waals surface area contributed by atoms with Crippen LogP contribution in [0.2, 0.25) is 0 Å². The smallest absolute Gasteiger partial charge is 0.258 e. The number of carbonyl (C=O) groups is 1. The van der Waals surface area contributed by atoms with Gasteiger partial charge in [-0.2, -0.15) is 0 Å². The predicted octanol–water partition coefficient (Wildman–Crippen LogP) is 3.22. The number of hydrogen-bond acceptors (Lipinski definition) is 2. The van der Waals surface area contributed by atoms with Crippen molar-refractivity contribution in [3.05, 3.63) is 29.6 Å². The minimum absolute atomic E-state index is 0.0320. The highest BCUT2D eigenvalue weighted by atomic mass is 35.5. The minimum atomic E-state index is -0.567. The number of alkyl halides is 1. The van der Waals surface area contributed by atoms with Crippen molar-refractivity contribution >= 4 is 17.5 Å². The predicted molar refractivity (Wildman–Crippen MR) is 76.8 cm³/mol. The third-order valence-corrected chi connectivity index (χ3v) is 4.36. The summed E-state index contributed by atoms with van der Waals surface area (Å²) in [5, 5.41) is 2.80. The molecule has 20 heavy (non-hydrogen) atoms. The van der Waals surface area contributed by atoms with Crippen LogP contribution in [0.1, 0.15) is 29.6 Å². The lowest BCUT2D eigenvalue weighted by atomic mass is 9.98. The van der Waals surface area contributed by atoms with Gasteiger partial charge in [0.25, 0.3) is 5.91 Å². The van der Waals surface area contributed by atoms with E-state index in [1.165, 1.54) is 19.2 Å². The number of ether oxygens (including phenoxy) is 1. The molecule has 0 spiro atoms. The summed E-state index contributed by atoms with van der Waals surface area (Å²) in [5.41, 5.74) is -0.0320. The van der Waals surface area contributed by atoms with E-state index in [-0.39, 0.29) is 11.3 Å². The van der Waals surface area contributed by atoms with Gasteiger partial charge >= 0.3 is 0 Å². The molecule has 0 aliphatic heterocycles. The Hall–Kier alpha value is -1.29. The van der Waals surface area contributed by atoms with Crippen molar-refractivity contribution in [1.29, 1.82) is 0 Å². The Balaban J connectivity index is 2.02. The highest BCUT2D eigenvalue weighted by Gasteiger charge is 2.27. The molecule has 1 amide bonds. The molecule has 5 heteroatoms. The monoisotopic (exact) mass is 299 g/mol. The molecule has 0 bridgehead atoms. The summed E-state index contributed by atoms with van der Waals surface area (Å²) in [6, 6.07) is 4.36. The van der Waals surface area contributed by atoms with E-state index in [9.17, 15) is 9.18 Å². The maximum atomic E-state index is 13.8. The summed E-state index contributed by atoms with van der Waals surface area (Å²) in [6.45, 7) is 0.535. The van der Waals surface area contributed by atoms with Crippen LogP contribution in [0, 0.1) is 17.7 Å². The molecular formula is C15H19ClFNO2. The molecule has 0 heterocycles. The molecule has 2 atom stereocenters. The Labute approximate surface area is 123 Å². The van der Waals surface area contributed by atoms with Gasteiger partial charge in [-0.05, 0) is 36.8 Å². The quantitative estimate of drug-likeness (QED) is 0.848. The summed E-state index contributed by atoms with van der Waals surface area (Å²) in [5.74, 6) is 0.697. The van der Waals surface area contributed by atoms with E-state index in [0.29, 0.717) is 24.3 Å². The zero-order valence-electron chi connectivity index (χ0n) is 11.5. The molecule has 1 aromatic rings. The van der Waals surface area contributed by atoms with Gasteiger partial charge in [-0.3, -0.25) is 4.79 Å². The van der Waals surface area contributed by atoms with Crippen LogP contribution >= 0.6 is 11.6 Å². The van der Waals surface area contributed by atoms with Crippen molar-refractivity contribution in [2.75, 3.05) is 19.5 Å². The van der Waals surface area contributed by atoms with Gasteiger partial charge in [0.05, 0.1) is 7.11 Å². The van der Waals surface area contributed by atoms with E-state index >= 15 is 0 Å². The number of carbonyl (C=O) groups excluding carboxylic acids is 1. The number of benzene rings is 1. The Kier molecular flexibility index (Phi) is 5.24. The first kappa shape index (κ1) is 15.1. The SMILES string of the molecule is COc1cccc(F)c1C(=O)NCC1CCCC1CCl. The van der Waals surface area contributed by atoms with Gasteiger partial charge in [0.15, 0.2) is 0 Å². The summed E-state index contributed by atoms with van der Waals surface area (Å²) in [4.78, 5) is 12.1. The first-order valence-electron chi connectivity index (χ1n) is 6.84. The highest BCUT2D eigenvalue weighted by Crippen LogP contribution is 2.32. The third kappa shape index (κ3) is 3.23. The van der Waals surface area contributed by atoms with Gasteiger partial charge in [-0.25, -0.2) is 4.39 Å². The number of halogens is 2. The van der Waals surface area contributed by atoms with Crippen molar-refractivity contribution in [3.8, 4) is 5.75 Å². The molecule has 2 unspecified atom stereocenters. The molecule has 1 fully saturated rings. The maximum absolute atomic E-state index is 13.8. The van der Waals surface area contributed by atoms with Gasteiger partial charge in [0.1, 0.15) is 17.1 Å². The Morgan fingerprint density at radius 2 is 2.20 bits per heavy atom. The van der Waals surface area contributed by atoms with Crippen LogP contribution < -0.4 is 10.1 Å². The van der Waals surface area contributed by atoms with Crippen molar-refractivity contribution < 1.29 is 13.9 Å². The van der Waals surface area contributed by atoms with E-state index in [1.54, 1.807) is 6.07 Å². The summed E-state index contributed by atoms with van der Waals surface area (Å²) >= 11 is 5.92. The van der Waals surface area contributed by atoms with E-state index in [2.05, 4.69) is 5.32 Å². The first-order chi connectivity index (χ1) is 9.67.